The van der Waals surface area contributed by atoms with Gasteiger partial charge in [-0.1, -0.05) is 23.4 Å². The molecule has 2 rings (SSSR count). The number of hydrogen-bond donors (Lipinski definition) is 1. The number of aromatic nitrogens is 1. The van der Waals surface area contributed by atoms with Gasteiger partial charge in [0, 0.05) is 24.2 Å². The Morgan fingerprint density at radius 1 is 1.22 bits per heavy atom. The third-order valence-corrected chi connectivity index (χ3v) is 2.99. The summed E-state index contributed by atoms with van der Waals surface area (Å²) in [6.45, 7) is 5.39. The highest BCUT2D eigenvalue weighted by Crippen LogP contribution is 2.17. The third-order valence-electron chi connectivity index (χ3n) is 2.99. The van der Waals surface area contributed by atoms with Gasteiger partial charge in [-0.2, -0.15) is 0 Å². The highest BCUT2D eigenvalue weighted by atomic mass is 16.5. The number of nitrogens with one attached hydrogen (secondary N) is 1. The van der Waals surface area contributed by atoms with Gasteiger partial charge < -0.3 is 14.6 Å². The van der Waals surface area contributed by atoms with E-state index in [1.165, 1.54) is 0 Å². The zero-order chi connectivity index (χ0) is 13.0. The van der Waals surface area contributed by atoms with Crippen molar-refractivity contribution in [2.24, 2.45) is 0 Å². The summed E-state index contributed by atoms with van der Waals surface area (Å²) in [5, 5.41) is 7.32. The standard InChI is InChI=1S/C14H18N2O2/c1-10-13(11(2)18-16-10)9-15-8-12-6-4-5-7-14(12)17-3/h4-7,15H,8-9H2,1-3H3. The molecule has 18 heavy (non-hydrogen) atoms. The number of ether oxygens (including phenoxy) is 1. The van der Waals surface area contributed by atoms with E-state index in [1.807, 2.05) is 32.0 Å². The van der Waals surface area contributed by atoms with Crippen LogP contribution in [0.5, 0.6) is 5.75 Å². The molecule has 0 spiro atoms. The van der Waals surface area contributed by atoms with Gasteiger partial charge in [0.15, 0.2) is 0 Å². The summed E-state index contributed by atoms with van der Waals surface area (Å²) in [7, 11) is 1.69. The molecule has 0 saturated carbocycles. The molecule has 96 valence electrons. The molecular formula is C14H18N2O2. The van der Waals surface area contributed by atoms with Crippen molar-refractivity contribution in [3.05, 3.63) is 46.8 Å². The lowest BCUT2D eigenvalue weighted by Crippen LogP contribution is -2.14. The fourth-order valence-electron chi connectivity index (χ4n) is 1.93. The number of benzene rings is 1. The number of aryl methyl sites for hydroxylation is 2. The van der Waals surface area contributed by atoms with Crippen LogP contribution in [0.1, 0.15) is 22.6 Å². The van der Waals surface area contributed by atoms with Crippen LogP contribution in [0.2, 0.25) is 0 Å². The van der Waals surface area contributed by atoms with Gasteiger partial charge >= 0.3 is 0 Å². The molecule has 1 N–H and O–H groups in total. The van der Waals surface area contributed by atoms with Crippen LogP contribution < -0.4 is 10.1 Å². The van der Waals surface area contributed by atoms with E-state index in [2.05, 4.69) is 16.5 Å². The zero-order valence-corrected chi connectivity index (χ0v) is 11.0. The second kappa shape index (κ2) is 5.69. The van der Waals surface area contributed by atoms with Crippen LogP contribution in [-0.2, 0) is 13.1 Å². The van der Waals surface area contributed by atoms with Crippen molar-refractivity contribution in [1.82, 2.24) is 10.5 Å². The molecule has 0 bridgehead atoms. The van der Waals surface area contributed by atoms with Gasteiger partial charge in [-0.3, -0.25) is 0 Å². The molecule has 4 nitrogen and oxygen atoms in total. The van der Waals surface area contributed by atoms with Crippen molar-refractivity contribution in [1.29, 1.82) is 0 Å². The summed E-state index contributed by atoms with van der Waals surface area (Å²) in [6.07, 6.45) is 0. The highest BCUT2D eigenvalue weighted by molar-refractivity contribution is 5.33. The normalized spacial score (nSPS) is 10.6. The first-order chi connectivity index (χ1) is 8.72. The first-order valence-electron chi connectivity index (χ1n) is 5.96. The Bertz CT molecular complexity index is 501. The molecule has 0 saturated heterocycles. The average molecular weight is 246 g/mol. The molecule has 0 radical (unpaired) electrons. The molecule has 0 aliphatic carbocycles. The molecule has 1 aromatic heterocycles. The van der Waals surface area contributed by atoms with E-state index in [4.69, 9.17) is 9.26 Å². The van der Waals surface area contributed by atoms with Crippen molar-refractivity contribution in [3.8, 4) is 5.75 Å². The van der Waals surface area contributed by atoms with Crippen LogP contribution in [0.4, 0.5) is 0 Å². The van der Waals surface area contributed by atoms with Gasteiger partial charge in [0.2, 0.25) is 0 Å². The molecule has 0 aliphatic heterocycles. The summed E-state index contributed by atoms with van der Waals surface area (Å²) in [5.74, 6) is 1.78. The topological polar surface area (TPSA) is 47.3 Å². The van der Waals surface area contributed by atoms with Crippen LogP contribution in [0, 0.1) is 13.8 Å². The third kappa shape index (κ3) is 2.71. The van der Waals surface area contributed by atoms with Gasteiger partial charge in [-0.25, -0.2) is 0 Å². The molecule has 0 atom stereocenters. The lowest BCUT2D eigenvalue weighted by Gasteiger charge is -2.09. The fraction of sp³-hybridized carbons (Fsp3) is 0.357. The fourth-order valence-corrected chi connectivity index (χ4v) is 1.93. The molecule has 0 aliphatic rings. The molecule has 1 aromatic carbocycles. The predicted molar refractivity (Wildman–Crippen MR) is 69.5 cm³/mol. The van der Waals surface area contributed by atoms with Crippen LogP contribution >= 0.6 is 0 Å². The lowest BCUT2D eigenvalue weighted by atomic mass is 10.1. The van der Waals surface area contributed by atoms with Crippen molar-refractivity contribution >= 4 is 0 Å². The summed E-state index contributed by atoms with van der Waals surface area (Å²) in [6, 6.07) is 8.00. The summed E-state index contributed by atoms with van der Waals surface area (Å²) < 4.78 is 10.4. The van der Waals surface area contributed by atoms with Gasteiger partial charge in [0.25, 0.3) is 0 Å². The first kappa shape index (κ1) is 12.6. The molecule has 4 heteroatoms. The zero-order valence-electron chi connectivity index (χ0n) is 11.0. The lowest BCUT2D eigenvalue weighted by molar-refractivity contribution is 0.391. The van der Waals surface area contributed by atoms with Crippen molar-refractivity contribution in [2.45, 2.75) is 26.9 Å². The molecule has 0 unspecified atom stereocenters. The van der Waals surface area contributed by atoms with Crippen molar-refractivity contribution in [3.63, 3.8) is 0 Å². The Morgan fingerprint density at radius 3 is 2.67 bits per heavy atom. The molecular weight excluding hydrogens is 228 g/mol. The van der Waals surface area contributed by atoms with Gasteiger partial charge in [0.1, 0.15) is 11.5 Å². The van der Waals surface area contributed by atoms with Crippen molar-refractivity contribution < 1.29 is 9.26 Å². The summed E-state index contributed by atoms with van der Waals surface area (Å²) in [5.41, 5.74) is 3.22. The second-order valence-electron chi connectivity index (χ2n) is 4.22. The summed E-state index contributed by atoms with van der Waals surface area (Å²) in [4.78, 5) is 0. The number of hydrogen-bond acceptors (Lipinski definition) is 4. The SMILES string of the molecule is COc1ccccc1CNCc1c(C)noc1C. The number of para-hydroxylation sites is 1. The van der Waals surface area contributed by atoms with E-state index in [0.29, 0.717) is 0 Å². The molecule has 0 fully saturated rings. The molecule has 0 amide bonds. The van der Waals surface area contributed by atoms with Gasteiger partial charge in [-0.05, 0) is 19.9 Å². The van der Waals surface area contributed by atoms with E-state index in [1.54, 1.807) is 7.11 Å². The van der Waals surface area contributed by atoms with Crippen LogP contribution in [0.15, 0.2) is 28.8 Å². The van der Waals surface area contributed by atoms with Gasteiger partial charge in [-0.15, -0.1) is 0 Å². The van der Waals surface area contributed by atoms with Crippen molar-refractivity contribution in [2.75, 3.05) is 7.11 Å². The van der Waals surface area contributed by atoms with Crippen LogP contribution in [-0.4, -0.2) is 12.3 Å². The second-order valence-corrected chi connectivity index (χ2v) is 4.22. The predicted octanol–water partition coefficient (Wildman–Crippen LogP) is 2.59. The quantitative estimate of drug-likeness (QED) is 0.881. The van der Waals surface area contributed by atoms with Crippen LogP contribution in [0.3, 0.4) is 0 Å². The largest absolute Gasteiger partial charge is 0.496 e. The number of methoxy groups -OCH3 is 1. The van der Waals surface area contributed by atoms with E-state index >= 15 is 0 Å². The minimum absolute atomic E-state index is 0.749. The van der Waals surface area contributed by atoms with E-state index in [9.17, 15) is 0 Å². The first-order valence-corrected chi connectivity index (χ1v) is 5.96. The van der Waals surface area contributed by atoms with E-state index in [0.717, 1.165) is 41.4 Å². The highest BCUT2D eigenvalue weighted by Gasteiger charge is 2.08. The Hall–Kier alpha value is -1.81. The minimum atomic E-state index is 0.749. The average Bonchev–Trinajstić information content (AvgIpc) is 2.71. The van der Waals surface area contributed by atoms with Crippen LogP contribution in [0.25, 0.3) is 0 Å². The smallest absolute Gasteiger partial charge is 0.138 e. The maximum Gasteiger partial charge on any atom is 0.138 e. The maximum absolute atomic E-state index is 5.31. The Balaban J connectivity index is 1.96. The Kier molecular flexibility index (Phi) is 3.99. The minimum Gasteiger partial charge on any atom is -0.496 e. The molecule has 1 heterocycles. The number of nitrogens with zero attached hydrogens (tertiary/aromatic N) is 1. The number of rotatable bonds is 5. The van der Waals surface area contributed by atoms with Gasteiger partial charge in [0.05, 0.1) is 12.8 Å². The summed E-state index contributed by atoms with van der Waals surface area (Å²) >= 11 is 0. The Labute approximate surface area is 107 Å². The molecule has 2 aromatic rings. The van der Waals surface area contributed by atoms with E-state index < -0.39 is 0 Å². The maximum atomic E-state index is 5.31. The monoisotopic (exact) mass is 246 g/mol. The Morgan fingerprint density at radius 2 is 2.00 bits per heavy atom. The van der Waals surface area contributed by atoms with E-state index in [-0.39, 0.29) is 0 Å².